The van der Waals surface area contributed by atoms with Gasteiger partial charge in [0.25, 0.3) is 11.8 Å². The molecule has 6 heteroatoms. The van der Waals surface area contributed by atoms with Crippen molar-refractivity contribution in [3.8, 4) is 0 Å². The molecular weight excluding hydrogens is 362 g/mol. The summed E-state index contributed by atoms with van der Waals surface area (Å²) >= 11 is 0. The van der Waals surface area contributed by atoms with Crippen LogP contribution in [0, 0.1) is 25.2 Å². The maximum absolute atomic E-state index is 13.6. The average molecular weight is 390 g/mol. The summed E-state index contributed by atoms with van der Waals surface area (Å²) in [5.74, 6) is -3.30. The Balaban J connectivity index is 1.46. The monoisotopic (exact) mass is 390 g/mol. The molecule has 4 rings (SSSR count). The van der Waals surface area contributed by atoms with Crippen LogP contribution in [0.1, 0.15) is 60.0 Å². The Morgan fingerprint density at radius 2 is 1.79 bits per heavy atom. The van der Waals surface area contributed by atoms with Crippen molar-refractivity contribution in [1.29, 1.82) is 0 Å². The number of carbonyl (C=O) groups is 2. The van der Waals surface area contributed by atoms with Gasteiger partial charge in [0.05, 0.1) is 6.04 Å². The average Bonchev–Trinajstić information content (AvgIpc) is 3.24. The number of nitrogens with zero attached hydrogens (tertiary/aromatic N) is 1. The van der Waals surface area contributed by atoms with Gasteiger partial charge >= 0.3 is 0 Å². The van der Waals surface area contributed by atoms with Crippen LogP contribution in [0.5, 0.6) is 0 Å². The first kappa shape index (κ1) is 19.3. The predicted octanol–water partition coefficient (Wildman–Crippen LogP) is 3.85. The molecule has 3 fully saturated rings. The van der Waals surface area contributed by atoms with Gasteiger partial charge in [-0.05, 0) is 51.7 Å². The summed E-state index contributed by atoms with van der Waals surface area (Å²) in [6.45, 7) is 5.11. The van der Waals surface area contributed by atoms with Gasteiger partial charge in [0.15, 0.2) is 0 Å². The predicted molar refractivity (Wildman–Crippen MR) is 102 cm³/mol. The minimum absolute atomic E-state index is 0.000240. The second kappa shape index (κ2) is 6.82. The van der Waals surface area contributed by atoms with E-state index in [1.165, 1.54) is 0 Å². The molecule has 4 nitrogen and oxygen atoms in total. The maximum Gasteiger partial charge on any atom is 0.267 e. The number of nitrogens with one attached hydrogen (secondary N) is 1. The molecule has 0 unspecified atom stereocenters. The van der Waals surface area contributed by atoms with Crippen molar-refractivity contribution in [1.82, 2.24) is 10.2 Å². The zero-order chi connectivity index (χ0) is 20.1. The Labute approximate surface area is 164 Å². The van der Waals surface area contributed by atoms with E-state index in [1.807, 2.05) is 36.9 Å². The number of likely N-dealkylation sites (tertiary alicyclic amines) is 1. The molecule has 3 aliphatic rings. The SMILES string of the molecule is Cc1cc(C)cc(C(=O)N2CC[C@]3(CCC[C@@H]3C(=O)N[C@H]3CCC3(F)F)C2)c1. The summed E-state index contributed by atoms with van der Waals surface area (Å²) in [5.41, 5.74) is 2.52. The number of rotatable bonds is 3. The minimum Gasteiger partial charge on any atom is -0.347 e. The molecule has 28 heavy (non-hydrogen) atoms. The highest BCUT2D eigenvalue weighted by Crippen LogP contribution is 2.50. The van der Waals surface area contributed by atoms with Gasteiger partial charge in [0, 0.05) is 36.4 Å². The molecule has 0 bridgehead atoms. The summed E-state index contributed by atoms with van der Waals surface area (Å²) in [4.78, 5) is 27.6. The third-order valence-corrected chi connectivity index (χ3v) is 6.96. The van der Waals surface area contributed by atoms with Crippen LogP contribution in [-0.4, -0.2) is 41.8 Å². The number of carbonyl (C=O) groups excluding carboxylic acids is 2. The smallest absolute Gasteiger partial charge is 0.267 e. The van der Waals surface area contributed by atoms with Crippen LogP contribution in [0.15, 0.2) is 18.2 Å². The van der Waals surface area contributed by atoms with Crippen LogP contribution in [0.4, 0.5) is 8.78 Å². The second-order valence-corrected chi connectivity index (χ2v) is 9.02. The Morgan fingerprint density at radius 1 is 1.07 bits per heavy atom. The molecule has 2 aliphatic carbocycles. The summed E-state index contributed by atoms with van der Waals surface area (Å²) < 4.78 is 27.1. The van der Waals surface area contributed by atoms with E-state index in [0.29, 0.717) is 25.1 Å². The fourth-order valence-electron chi connectivity index (χ4n) is 5.34. The van der Waals surface area contributed by atoms with Crippen molar-refractivity contribution < 1.29 is 18.4 Å². The molecule has 1 aromatic carbocycles. The van der Waals surface area contributed by atoms with Crippen molar-refractivity contribution in [3.63, 3.8) is 0 Å². The normalized spacial score (nSPS) is 31.1. The highest BCUT2D eigenvalue weighted by atomic mass is 19.3. The van der Waals surface area contributed by atoms with E-state index in [9.17, 15) is 18.4 Å². The quantitative estimate of drug-likeness (QED) is 0.852. The number of hydrogen-bond acceptors (Lipinski definition) is 2. The van der Waals surface area contributed by atoms with E-state index in [-0.39, 0.29) is 29.6 Å². The van der Waals surface area contributed by atoms with Crippen molar-refractivity contribution in [2.24, 2.45) is 11.3 Å². The first-order chi connectivity index (χ1) is 13.2. The molecule has 2 saturated carbocycles. The van der Waals surface area contributed by atoms with Crippen LogP contribution in [0.25, 0.3) is 0 Å². The molecule has 1 N–H and O–H groups in total. The third kappa shape index (κ3) is 3.31. The molecule has 1 saturated heterocycles. The van der Waals surface area contributed by atoms with Crippen molar-refractivity contribution in [2.45, 2.75) is 64.3 Å². The minimum atomic E-state index is -2.78. The van der Waals surface area contributed by atoms with E-state index in [0.717, 1.165) is 36.8 Å². The molecular formula is C22H28F2N2O2. The number of amides is 2. The molecule has 3 atom stereocenters. The topological polar surface area (TPSA) is 49.4 Å². The lowest BCUT2D eigenvalue weighted by Gasteiger charge is -2.39. The van der Waals surface area contributed by atoms with Gasteiger partial charge in [0.2, 0.25) is 5.91 Å². The lowest BCUT2D eigenvalue weighted by Crippen LogP contribution is -2.57. The zero-order valence-electron chi connectivity index (χ0n) is 16.6. The number of aryl methyl sites for hydroxylation is 2. The molecule has 1 heterocycles. The zero-order valence-corrected chi connectivity index (χ0v) is 16.6. The summed E-state index contributed by atoms with van der Waals surface area (Å²) in [7, 11) is 0. The van der Waals surface area contributed by atoms with Crippen LogP contribution < -0.4 is 5.32 Å². The first-order valence-corrected chi connectivity index (χ1v) is 10.3. The Morgan fingerprint density at radius 3 is 2.39 bits per heavy atom. The highest BCUT2D eigenvalue weighted by Gasteiger charge is 2.54. The molecule has 152 valence electrons. The third-order valence-electron chi connectivity index (χ3n) is 6.96. The summed E-state index contributed by atoms with van der Waals surface area (Å²) in [6.07, 6.45) is 3.47. The van der Waals surface area contributed by atoms with Gasteiger partial charge in [-0.15, -0.1) is 0 Å². The van der Waals surface area contributed by atoms with Gasteiger partial charge in [-0.3, -0.25) is 9.59 Å². The van der Waals surface area contributed by atoms with E-state index in [4.69, 9.17) is 0 Å². The van der Waals surface area contributed by atoms with Gasteiger partial charge in [-0.1, -0.05) is 23.6 Å². The lowest BCUT2D eigenvalue weighted by atomic mass is 9.76. The van der Waals surface area contributed by atoms with E-state index in [2.05, 4.69) is 5.32 Å². The number of hydrogen-bond donors (Lipinski definition) is 1. The molecule has 0 aromatic heterocycles. The fraction of sp³-hybridized carbons (Fsp3) is 0.636. The van der Waals surface area contributed by atoms with E-state index >= 15 is 0 Å². The first-order valence-electron chi connectivity index (χ1n) is 10.3. The van der Waals surface area contributed by atoms with Crippen molar-refractivity contribution >= 4 is 11.8 Å². The lowest BCUT2D eigenvalue weighted by molar-refractivity contribution is -0.142. The number of benzene rings is 1. The van der Waals surface area contributed by atoms with Crippen molar-refractivity contribution in [3.05, 3.63) is 34.9 Å². The van der Waals surface area contributed by atoms with Crippen molar-refractivity contribution in [2.75, 3.05) is 13.1 Å². The number of alkyl halides is 2. The largest absolute Gasteiger partial charge is 0.347 e. The van der Waals surface area contributed by atoms with E-state index in [1.54, 1.807) is 0 Å². The molecule has 1 aliphatic heterocycles. The highest BCUT2D eigenvalue weighted by molar-refractivity contribution is 5.95. The molecule has 1 spiro atoms. The van der Waals surface area contributed by atoms with Crippen LogP contribution in [0.3, 0.4) is 0 Å². The van der Waals surface area contributed by atoms with Gasteiger partial charge in [0.1, 0.15) is 0 Å². The fourth-order valence-corrected chi connectivity index (χ4v) is 5.34. The summed E-state index contributed by atoms with van der Waals surface area (Å²) in [5, 5.41) is 2.60. The molecule has 1 aromatic rings. The maximum atomic E-state index is 13.6. The molecule has 0 radical (unpaired) electrons. The standard InChI is InChI=1S/C22H28F2N2O2/c1-14-10-15(2)12-16(11-14)20(28)26-9-8-21(13-26)6-3-4-17(21)19(27)25-18-5-7-22(18,23)24/h10-12,17-18H,3-9,13H2,1-2H3,(H,25,27)/t17-,18+,21-/m1/s1. The van der Waals surface area contributed by atoms with Crippen LogP contribution in [0.2, 0.25) is 0 Å². The van der Waals surface area contributed by atoms with Crippen LogP contribution in [-0.2, 0) is 4.79 Å². The Kier molecular flexibility index (Phi) is 4.71. The van der Waals surface area contributed by atoms with Crippen LogP contribution >= 0.6 is 0 Å². The number of halogens is 2. The van der Waals surface area contributed by atoms with Gasteiger partial charge < -0.3 is 10.2 Å². The van der Waals surface area contributed by atoms with Gasteiger partial charge in [-0.2, -0.15) is 0 Å². The Hall–Kier alpha value is -1.98. The second-order valence-electron chi connectivity index (χ2n) is 9.02. The van der Waals surface area contributed by atoms with E-state index < -0.39 is 12.0 Å². The Bertz CT molecular complexity index is 789. The summed E-state index contributed by atoms with van der Waals surface area (Å²) in [6, 6.07) is 4.82. The molecule has 2 amide bonds. The van der Waals surface area contributed by atoms with Gasteiger partial charge in [-0.25, -0.2) is 8.78 Å².